The first-order valence-electron chi connectivity index (χ1n) is 4.62. The average Bonchev–Trinajstić information content (AvgIpc) is 2.18. The van der Waals surface area contributed by atoms with E-state index >= 15 is 0 Å². The molecule has 0 unspecified atom stereocenters. The number of rotatable bonds is 3. The Bertz CT molecular complexity index is 203. The van der Waals surface area contributed by atoms with Crippen molar-refractivity contribution in [3.8, 4) is 0 Å². The monoisotopic (exact) mass is 300 g/mol. The molecule has 0 aromatic carbocycles. The second-order valence-electron chi connectivity index (χ2n) is 3.62. The summed E-state index contributed by atoms with van der Waals surface area (Å²) in [4.78, 5) is 0. The minimum absolute atomic E-state index is 0.269. The second kappa shape index (κ2) is 5.87. The molecule has 0 aromatic rings. The van der Waals surface area contributed by atoms with Crippen molar-refractivity contribution in [3.05, 3.63) is 0 Å². The van der Waals surface area contributed by atoms with E-state index in [1.165, 1.54) is 0 Å². The Hall–Kier alpha value is 0.708. The Morgan fingerprint density at radius 3 is 2.27 bits per heavy atom. The summed E-state index contributed by atoms with van der Waals surface area (Å²) >= 11 is 2.57. The van der Waals surface area contributed by atoms with Crippen molar-refractivity contribution in [1.29, 1.82) is 0 Å². The topological polar surface area (TPSA) is 79.2 Å². The molecule has 5 atom stereocenters. The summed E-state index contributed by atoms with van der Waals surface area (Å²) in [6.45, 7) is 0. The summed E-state index contributed by atoms with van der Waals surface area (Å²) in [5, 5.41) is 28.7. The third kappa shape index (κ3) is 3.33. The van der Waals surface area contributed by atoms with E-state index in [0.717, 1.165) is 0 Å². The zero-order valence-corrected chi connectivity index (χ0v) is 11.4. The summed E-state index contributed by atoms with van der Waals surface area (Å²) in [6, 6.07) is 0. The van der Waals surface area contributed by atoms with E-state index < -0.39 is 45.7 Å². The molecule has 1 aliphatic heterocycles. The molecule has 0 bridgehead atoms. The van der Waals surface area contributed by atoms with Crippen LogP contribution in [0.2, 0.25) is 11.4 Å². The van der Waals surface area contributed by atoms with E-state index in [1.54, 1.807) is 0 Å². The van der Waals surface area contributed by atoms with Crippen molar-refractivity contribution < 1.29 is 23.8 Å². The van der Waals surface area contributed by atoms with E-state index in [4.69, 9.17) is 8.46 Å². The standard InChI is InChI=1S/C8H17AsO5S/c1-9(2)14-8-7(12)6(11)5(10)4(3-15)13-8/h4-8,10-12,15H,3H2,1-2H3/t4-,5-,6+,7-,8-/m1/s1. The van der Waals surface area contributed by atoms with Crippen LogP contribution in [0.15, 0.2) is 0 Å². The molecule has 0 aliphatic carbocycles. The molecule has 0 amide bonds. The van der Waals surface area contributed by atoms with Crippen LogP contribution < -0.4 is 0 Å². The zero-order valence-electron chi connectivity index (χ0n) is 8.65. The van der Waals surface area contributed by atoms with Gasteiger partial charge in [0.2, 0.25) is 0 Å². The fraction of sp³-hybridized carbons (Fsp3) is 1.00. The van der Waals surface area contributed by atoms with E-state index in [-0.39, 0.29) is 5.75 Å². The van der Waals surface area contributed by atoms with Crippen molar-refractivity contribution >= 4 is 27.6 Å². The zero-order chi connectivity index (χ0) is 11.6. The number of aliphatic hydroxyl groups excluding tert-OH is 3. The number of ether oxygens (including phenoxy) is 1. The normalized spacial score (nSPS) is 42.2. The van der Waals surface area contributed by atoms with Crippen molar-refractivity contribution in [1.82, 2.24) is 0 Å². The predicted octanol–water partition coefficient (Wildman–Crippen LogP) is -1.01. The van der Waals surface area contributed by atoms with Gasteiger partial charge in [-0.15, -0.1) is 0 Å². The van der Waals surface area contributed by atoms with Crippen LogP contribution in [0.3, 0.4) is 0 Å². The minimum atomic E-state index is -1.43. The number of thiol groups is 1. The Kier molecular flexibility index (Phi) is 5.39. The molecule has 1 fully saturated rings. The molecular formula is C8H17AsO5S. The SMILES string of the molecule is C[As](C)O[C@H]1O[C@H](CS)[C@@H](O)[C@H](O)[C@H]1O. The maximum atomic E-state index is 9.61. The molecule has 1 rings (SSSR count). The van der Waals surface area contributed by atoms with Crippen LogP contribution in [0.5, 0.6) is 0 Å². The summed E-state index contributed by atoms with van der Waals surface area (Å²) in [5.74, 6) is 0.269. The van der Waals surface area contributed by atoms with E-state index in [1.807, 2.05) is 11.4 Å². The first-order chi connectivity index (χ1) is 6.97. The van der Waals surface area contributed by atoms with Gasteiger partial charge < -0.3 is 0 Å². The molecule has 1 heterocycles. The van der Waals surface area contributed by atoms with Crippen LogP contribution in [0.25, 0.3) is 0 Å². The Labute approximate surface area is 99.4 Å². The van der Waals surface area contributed by atoms with E-state index in [9.17, 15) is 15.3 Å². The van der Waals surface area contributed by atoms with Gasteiger partial charge in [0.15, 0.2) is 0 Å². The fourth-order valence-corrected chi connectivity index (χ4v) is 2.90. The predicted molar refractivity (Wildman–Crippen MR) is 59.1 cm³/mol. The molecule has 0 saturated carbocycles. The Morgan fingerprint density at radius 1 is 1.20 bits per heavy atom. The molecule has 5 nitrogen and oxygen atoms in total. The van der Waals surface area contributed by atoms with Gasteiger partial charge in [-0.05, 0) is 0 Å². The van der Waals surface area contributed by atoms with Gasteiger partial charge >= 0.3 is 99.3 Å². The van der Waals surface area contributed by atoms with Crippen LogP contribution in [0, 0.1) is 0 Å². The summed E-state index contributed by atoms with van der Waals surface area (Å²) < 4.78 is 10.7. The first kappa shape index (κ1) is 13.8. The second-order valence-corrected chi connectivity index (χ2v) is 7.83. The Morgan fingerprint density at radius 2 is 1.80 bits per heavy atom. The number of hydrogen-bond donors (Lipinski definition) is 4. The van der Waals surface area contributed by atoms with E-state index in [0.29, 0.717) is 0 Å². The van der Waals surface area contributed by atoms with Gasteiger partial charge in [-0.1, -0.05) is 0 Å². The molecule has 0 spiro atoms. The average molecular weight is 300 g/mol. The van der Waals surface area contributed by atoms with Gasteiger partial charge in [-0.25, -0.2) is 0 Å². The van der Waals surface area contributed by atoms with Crippen LogP contribution >= 0.6 is 12.6 Å². The van der Waals surface area contributed by atoms with Crippen LogP contribution in [-0.4, -0.2) is 66.8 Å². The van der Waals surface area contributed by atoms with Gasteiger partial charge in [0, 0.05) is 0 Å². The summed E-state index contributed by atoms with van der Waals surface area (Å²) in [5.41, 5.74) is 3.88. The maximum absolute atomic E-state index is 9.61. The molecule has 15 heavy (non-hydrogen) atoms. The van der Waals surface area contributed by atoms with Gasteiger partial charge in [0.25, 0.3) is 0 Å². The number of hydrogen-bond acceptors (Lipinski definition) is 6. The van der Waals surface area contributed by atoms with Gasteiger partial charge in [0.05, 0.1) is 0 Å². The van der Waals surface area contributed by atoms with Gasteiger partial charge in [0.1, 0.15) is 0 Å². The molecule has 1 saturated heterocycles. The third-order valence-electron chi connectivity index (χ3n) is 2.16. The Balaban J connectivity index is 2.65. The quantitative estimate of drug-likeness (QED) is 0.397. The van der Waals surface area contributed by atoms with Gasteiger partial charge in [-0.2, -0.15) is 0 Å². The molecule has 0 radical (unpaired) electrons. The molecule has 1 aliphatic rings. The van der Waals surface area contributed by atoms with Crippen molar-refractivity contribution in [2.24, 2.45) is 0 Å². The van der Waals surface area contributed by atoms with Crippen molar-refractivity contribution in [2.75, 3.05) is 5.75 Å². The van der Waals surface area contributed by atoms with Crippen LogP contribution in [-0.2, 0) is 8.46 Å². The summed E-state index contributed by atoms with van der Waals surface area (Å²) in [6.07, 6.45) is -5.02. The molecule has 3 N–H and O–H groups in total. The molecule has 0 aromatic heterocycles. The van der Waals surface area contributed by atoms with Crippen LogP contribution in [0.1, 0.15) is 0 Å². The third-order valence-corrected chi connectivity index (χ3v) is 3.84. The van der Waals surface area contributed by atoms with Gasteiger partial charge in [-0.3, -0.25) is 0 Å². The summed E-state index contributed by atoms with van der Waals surface area (Å²) in [7, 11) is 0. The van der Waals surface area contributed by atoms with Crippen molar-refractivity contribution in [2.45, 2.75) is 42.1 Å². The van der Waals surface area contributed by atoms with E-state index in [2.05, 4.69) is 12.6 Å². The molecule has 7 heteroatoms. The number of aliphatic hydroxyl groups is 3. The molecular weight excluding hydrogens is 283 g/mol. The van der Waals surface area contributed by atoms with Crippen LogP contribution in [0.4, 0.5) is 0 Å². The first-order valence-corrected chi connectivity index (χ1v) is 9.77. The van der Waals surface area contributed by atoms with Crippen molar-refractivity contribution in [3.63, 3.8) is 0 Å². The molecule has 90 valence electrons. The fourth-order valence-electron chi connectivity index (χ4n) is 1.36.